The molecular formula is C12H12S. The fourth-order valence-corrected chi connectivity index (χ4v) is 2.02. The summed E-state index contributed by atoms with van der Waals surface area (Å²) in [6, 6.07) is 8.59. The highest BCUT2D eigenvalue weighted by molar-refractivity contribution is 7.98. The lowest BCUT2D eigenvalue weighted by Crippen LogP contribution is -2.01. The molecule has 1 aromatic carbocycles. The van der Waals surface area contributed by atoms with Crippen LogP contribution in [0.15, 0.2) is 29.2 Å². The predicted molar refractivity (Wildman–Crippen MR) is 58.0 cm³/mol. The minimum atomic E-state index is 0.0890. The van der Waals surface area contributed by atoms with E-state index in [-0.39, 0.29) is 5.41 Å². The van der Waals surface area contributed by atoms with Gasteiger partial charge < -0.3 is 0 Å². The Kier molecular flexibility index (Phi) is 2.09. The van der Waals surface area contributed by atoms with E-state index in [1.54, 1.807) is 11.8 Å². The summed E-state index contributed by atoms with van der Waals surface area (Å²) in [5, 5.41) is 0. The zero-order valence-corrected chi connectivity index (χ0v) is 8.53. The predicted octanol–water partition coefficient (Wildman–Crippen LogP) is 3.07. The Morgan fingerprint density at radius 3 is 2.77 bits per heavy atom. The number of thioether (sulfide) groups is 1. The average molecular weight is 188 g/mol. The van der Waals surface area contributed by atoms with Crippen molar-refractivity contribution in [2.45, 2.75) is 23.2 Å². The molecule has 0 aromatic heterocycles. The molecule has 66 valence electrons. The van der Waals surface area contributed by atoms with Crippen LogP contribution in [0.25, 0.3) is 0 Å². The van der Waals surface area contributed by atoms with Gasteiger partial charge in [0, 0.05) is 4.90 Å². The van der Waals surface area contributed by atoms with Crippen molar-refractivity contribution in [3.63, 3.8) is 0 Å². The largest absolute Gasteiger partial charge is 0.130 e. The second kappa shape index (κ2) is 3.12. The monoisotopic (exact) mass is 188 g/mol. The SMILES string of the molecule is C#CC1(c2cccc(SC)c2)CC1. The molecule has 0 atom stereocenters. The fraction of sp³-hybridized carbons (Fsp3) is 0.333. The van der Waals surface area contributed by atoms with Gasteiger partial charge in [-0.3, -0.25) is 0 Å². The maximum atomic E-state index is 5.54. The highest BCUT2D eigenvalue weighted by atomic mass is 32.2. The summed E-state index contributed by atoms with van der Waals surface area (Å²) in [4.78, 5) is 1.30. The Morgan fingerprint density at radius 1 is 1.46 bits per heavy atom. The smallest absolute Gasteiger partial charge is 0.0561 e. The molecule has 1 fully saturated rings. The second-order valence-electron chi connectivity index (χ2n) is 3.46. The topological polar surface area (TPSA) is 0 Å². The standard InChI is InChI=1S/C12H12S/c1-3-12(7-8-12)10-5-4-6-11(9-10)13-2/h1,4-6,9H,7-8H2,2H3. The zero-order chi connectivity index (χ0) is 9.31. The maximum absolute atomic E-state index is 5.54. The third-order valence-corrected chi connectivity index (χ3v) is 3.37. The van der Waals surface area contributed by atoms with Crippen molar-refractivity contribution >= 4 is 11.8 Å². The lowest BCUT2D eigenvalue weighted by atomic mass is 9.97. The van der Waals surface area contributed by atoms with Crippen LogP contribution in [0.5, 0.6) is 0 Å². The molecule has 0 heterocycles. The summed E-state index contributed by atoms with van der Waals surface area (Å²) in [5.74, 6) is 2.91. The Morgan fingerprint density at radius 2 is 2.23 bits per heavy atom. The van der Waals surface area contributed by atoms with Crippen molar-refractivity contribution in [1.82, 2.24) is 0 Å². The van der Waals surface area contributed by atoms with Gasteiger partial charge in [-0.05, 0) is 36.8 Å². The second-order valence-corrected chi connectivity index (χ2v) is 4.34. The maximum Gasteiger partial charge on any atom is 0.0561 e. The molecular weight excluding hydrogens is 176 g/mol. The lowest BCUT2D eigenvalue weighted by molar-refractivity contribution is 0.924. The van der Waals surface area contributed by atoms with Gasteiger partial charge in [-0.15, -0.1) is 18.2 Å². The van der Waals surface area contributed by atoms with Crippen molar-refractivity contribution < 1.29 is 0 Å². The number of hydrogen-bond donors (Lipinski definition) is 0. The van der Waals surface area contributed by atoms with Crippen LogP contribution in [-0.4, -0.2) is 6.26 Å². The average Bonchev–Trinajstić information content (AvgIpc) is 2.99. The van der Waals surface area contributed by atoms with Gasteiger partial charge in [0.25, 0.3) is 0 Å². The molecule has 2 rings (SSSR count). The van der Waals surface area contributed by atoms with Gasteiger partial charge in [0.05, 0.1) is 5.41 Å². The fourth-order valence-electron chi connectivity index (χ4n) is 1.56. The van der Waals surface area contributed by atoms with Crippen LogP contribution in [-0.2, 0) is 5.41 Å². The van der Waals surface area contributed by atoms with Gasteiger partial charge in [0.1, 0.15) is 0 Å². The van der Waals surface area contributed by atoms with E-state index >= 15 is 0 Å². The summed E-state index contributed by atoms with van der Waals surface area (Å²) in [5.41, 5.74) is 1.41. The molecule has 1 aliphatic carbocycles. The first-order chi connectivity index (χ1) is 6.30. The molecule has 1 heteroatoms. The molecule has 0 bridgehead atoms. The summed E-state index contributed by atoms with van der Waals surface area (Å²) in [7, 11) is 0. The minimum absolute atomic E-state index is 0.0890. The lowest BCUT2D eigenvalue weighted by Gasteiger charge is -2.08. The van der Waals surface area contributed by atoms with Crippen LogP contribution in [0, 0.1) is 12.3 Å². The van der Waals surface area contributed by atoms with E-state index in [4.69, 9.17) is 6.42 Å². The first kappa shape index (κ1) is 8.72. The van der Waals surface area contributed by atoms with Gasteiger partial charge in [0.15, 0.2) is 0 Å². The molecule has 0 nitrogen and oxygen atoms in total. The summed E-state index contributed by atoms with van der Waals surface area (Å²) in [6.45, 7) is 0. The highest BCUT2D eigenvalue weighted by Gasteiger charge is 2.42. The Hall–Kier alpha value is -0.870. The van der Waals surface area contributed by atoms with Gasteiger partial charge in [0.2, 0.25) is 0 Å². The summed E-state index contributed by atoms with van der Waals surface area (Å²) >= 11 is 1.77. The van der Waals surface area contributed by atoms with E-state index in [9.17, 15) is 0 Å². The molecule has 0 N–H and O–H groups in total. The molecule has 0 aliphatic heterocycles. The normalized spacial score (nSPS) is 17.8. The van der Waals surface area contributed by atoms with Gasteiger partial charge in [-0.2, -0.15) is 0 Å². The van der Waals surface area contributed by atoms with E-state index in [1.165, 1.54) is 10.5 Å². The van der Waals surface area contributed by atoms with Crippen LogP contribution in [0.1, 0.15) is 18.4 Å². The Bertz CT molecular complexity index is 356. The van der Waals surface area contributed by atoms with E-state index in [0.29, 0.717) is 0 Å². The number of terminal acetylenes is 1. The van der Waals surface area contributed by atoms with Crippen LogP contribution in [0.4, 0.5) is 0 Å². The van der Waals surface area contributed by atoms with Crippen LogP contribution in [0.2, 0.25) is 0 Å². The number of benzene rings is 1. The zero-order valence-electron chi connectivity index (χ0n) is 7.71. The molecule has 1 aliphatic rings. The van der Waals surface area contributed by atoms with Crippen molar-refractivity contribution in [1.29, 1.82) is 0 Å². The summed E-state index contributed by atoms with van der Waals surface area (Å²) < 4.78 is 0. The number of hydrogen-bond acceptors (Lipinski definition) is 1. The van der Waals surface area contributed by atoms with Gasteiger partial charge in [-0.1, -0.05) is 18.1 Å². The van der Waals surface area contributed by atoms with E-state index in [0.717, 1.165) is 12.8 Å². The number of rotatable bonds is 2. The molecule has 0 amide bonds. The van der Waals surface area contributed by atoms with Crippen LogP contribution >= 0.6 is 11.8 Å². The summed E-state index contributed by atoms with van der Waals surface area (Å²) in [6.07, 6.45) is 9.94. The van der Waals surface area contributed by atoms with Crippen molar-refractivity contribution in [3.8, 4) is 12.3 Å². The van der Waals surface area contributed by atoms with Crippen molar-refractivity contribution in [2.75, 3.05) is 6.26 Å². The molecule has 0 saturated heterocycles. The van der Waals surface area contributed by atoms with Crippen LogP contribution < -0.4 is 0 Å². The van der Waals surface area contributed by atoms with Crippen molar-refractivity contribution in [2.24, 2.45) is 0 Å². The quantitative estimate of drug-likeness (QED) is 0.507. The molecule has 13 heavy (non-hydrogen) atoms. The van der Waals surface area contributed by atoms with Gasteiger partial charge in [-0.25, -0.2) is 0 Å². The first-order valence-corrected chi connectivity index (χ1v) is 5.65. The van der Waals surface area contributed by atoms with Crippen molar-refractivity contribution in [3.05, 3.63) is 29.8 Å². The third-order valence-electron chi connectivity index (χ3n) is 2.65. The molecule has 0 radical (unpaired) electrons. The van der Waals surface area contributed by atoms with E-state index < -0.39 is 0 Å². The molecule has 0 spiro atoms. The first-order valence-electron chi connectivity index (χ1n) is 4.43. The van der Waals surface area contributed by atoms with Crippen LogP contribution in [0.3, 0.4) is 0 Å². The Labute approximate surface area is 83.7 Å². The van der Waals surface area contributed by atoms with E-state index in [2.05, 4.69) is 36.4 Å². The highest BCUT2D eigenvalue weighted by Crippen LogP contribution is 2.47. The minimum Gasteiger partial charge on any atom is -0.130 e. The molecule has 1 aromatic rings. The van der Waals surface area contributed by atoms with Gasteiger partial charge >= 0.3 is 0 Å². The molecule has 1 saturated carbocycles. The van der Waals surface area contributed by atoms with E-state index in [1.807, 2.05) is 0 Å². The Balaban J connectivity index is 2.37. The third kappa shape index (κ3) is 1.47. The molecule has 0 unspecified atom stereocenters.